The Balaban J connectivity index is 1.74. The summed E-state index contributed by atoms with van der Waals surface area (Å²) in [5, 5.41) is 8.31. The van der Waals surface area contributed by atoms with Gasteiger partial charge in [0.2, 0.25) is 21.8 Å². The second kappa shape index (κ2) is 6.72. The Bertz CT molecular complexity index is 953. The first-order chi connectivity index (χ1) is 11.5. The number of nitrogens with one attached hydrogen (secondary N) is 1. The van der Waals surface area contributed by atoms with Gasteiger partial charge in [0.05, 0.1) is 11.4 Å². The highest BCUT2D eigenvalue weighted by Crippen LogP contribution is 2.21. The molecule has 3 aromatic rings. The van der Waals surface area contributed by atoms with E-state index in [-0.39, 0.29) is 17.3 Å². The van der Waals surface area contributed by atoms with Crippen molar-refractivity contribution in [2.24, 2.45) is 0 Å². The molecule has 24 heavy (non-hydrogen) atoms. The van der Waals surface area contributed by atoms with Crippen molar-refractivity contribution < 1.29 is 12.8 Å². The van der Waals surface area contributed by atoms with E-state index < -0.39 is 10.0 Å². The van der Waals surface area contributed by atoms with Crippen LogP contribution in [-0.4, -0.2) is 18.6 Å². The summed E-state index contributed by atoms with van der Waals surface area (Å²) in [5.41, 5.74) is 1.81. The zero-order valence-corrected chi connectivity index (χ0v) is 14.3. The van der Waals surface area contributed by atoms with E-state index in [9.17, 15) is 8.42 Å². The number of benzene rings is 2. The normalized spacial score (nSPS) is 11.6. The summed E-state index contributed by atoms with van der Waals surface area (Å²) in [5.74, 6) is 0.541. The van der Waals surface area contributed by atoms with Crippen LogP contribution in [0.5, 0.6) is 0 Å². The molecule has 8 heteroatoms. The van der Waals surface area contributed by atoms with Gasteiger partial charge in [-0.15, -0.1) is 10.2 Å². The van der Waals surface area contributed by atoms with Gasteiger partial charge in [0.15, 0.2) is 0 Å². The van der Waals surface area contributed by atoms with Gasteiger partial charge in [0.25, 0.3) is 0 Å². The monoisotopic (exact) mass is 363 g/mol. The molecule has 0 aliphatic carbocycles. The topological polar surface area (TPSA) is 85.1 Å². The number of nitrogens with zero attached hydrogens (tertiary/aromatic N) is 2. The van der Waals surface area contributed by atoms with Crippen LogP contribution in [0, 0.1) is 6.92 Å². The molecule has 0 saturated heterocycles. The fourth-order valence-corrected chi connectivity index (χ4v) is 3.20. The van der Waals surface area contributed by atoms with Gasteiger partial charge in [0, 0.05) is 10.6 Å². The maximum atomic E-state index is 12.2. The van der Waals surface area contributed by atoms with E-state index in [1.807, 2.05) is 31.2 Å². The predicted molar refractivity (Wildman–Crippen MR) is 89.9 cm³/mol. The zero-order chi connectivity index (χ0) is 17.2. The number of halogens is 1. The molecule has 0 radical (unpaired) electrons. The predicted octanol–water partition coefficient (Wildman–Crippen LogP) is 3.18. The number of hydrogen-bond donors (Lipinski definition) is 1. The summed E-state index contributed by atoms with van der Waals surface area (Å²) >= 11 is 5.76. The largest absolute Gasteiger partial charge is 0.419 e. The van der Waals surface area contributed by atoms with Gasteiger partial charge in [-0.05, 0) is 42.8 Å². The molecule has 0 unspecified atom stereocenters. The quantitative estimate of drug-likeness (QED) is 0.752. The minimum atomic E-state index is -3.68. The third kappa shape index (κ3) is 3.64. The van der Waals surface area contributed by atoms with Crippen LogP contribution in [0.4, 0.5) is 0 Å². The minimum Gasteiger partial charge on any atom is -0.419 e. The van der Waals surface area contributed by atoms with Crippen LogP contribution in [0.1, 0.15) is 11.5 Å². The van der Waals surface area contributed by atoms with Gasteiger partial charge in [-0.1, -0.05) is 29.8 Å². The summed E-state index contributed by atoms with van der Waals surface area (Å²) in [4.78, 5) is 0.116. The number of hydrogen-bond acceptors (Lipinski definition) is 5. The van der Waals surface area contributed by atoms with Crippen LogP contribution in [0.15, 0.2) is 57.8 Å². The molecule has 0 saturated carbocycles. The number of rotatable bonds is 5. The molecule has 2 aromatic carbocycles. The van der Waals surface area contributed by atoms with Crippen LogP contribution in [0.2, 0.25) is 5.02 Å². The zero-order valence-electron chi connectivity index (χ0n) is 12.7. The van der Waals surface area contributed by atoms with E-state index in [0.717, 1.165) is 11.1 Å². The summed E-state index contributed by atoms with van der Waals surface area (Å²) in [6.07, 6.45) is 0. The second-order valence-corrected chi connectivity index (χ2v) is 7.30. The van der Waals surface area contributed by atoms with Gasteiger partial charge in [-0.25, -0.2) is 13.1 Å². The lowest BCUT2D eigenvalue weighted by molar-refractivity contribution is 0.494. The number of aromatic nitrogens is 2. The Morgan fingerprint density at radius 1 is 1.08 bits per heavy atom. The van der Waals surface area contributed by atoms with Crippen molar-refractivity contribution in [3.8, 4) is 11.5 Å². The molecule has 0 fully saturated rings. The minimum absolute atomic E-state index is 0.0934. The van der Waals surface area contributed by atoms with Crippen molar-refractivity contribution >= 4 is 21.6 Å². The van der Waals surface area contributed by atoms with Gasteiger partial charge >= 0.3 is 0 Å². The van der Waals surface area contributed by atoms with Gasteiger partial charge < -0.3 is 4.42 Å². The first-order valence-corrected chi connectivity index (χ1v) is 8.95. The molecule has 0 amide bonds. The fourth-order valence-electron chi connectivity index (χ4n) is 2.10. The Morgan fingerprint density at radius 2 is 1.79 bits per heavy atom. The lowest BCUT2D eigenvalue weighted by atomic mass is 10.1. The lowest BCUT2D eigenvalue weighted by Crippen LogP contribution is -2.23. The fraction of sp³-hybridized carbons (Fsp3) is 0.125. The van der Waals surface area contributed by atoms with E-state index >= 15 is 0 Å². The summed E-state index contributed by atoms with van der Waals surface area (Å²) in [6.45, 7) is 1.84. The van der Waals surface area contributed by atoms with Crippen LogP contribution in [0.25, 0.3) is 11.5 Å². The van der Waals surface area contributed by atoms with E-state index in [1.54, 1.807) is 0 Å². The van der Waals surface area contributed by atoms with Crippen molar-refractivity contribution in [1.29, 1.82) is 0 Å². The molecule has 6 nitrogen and oxygen atoms in total. The van der Waals surface area contributed by atoms with Crippen molar-refractivity contribution in [3.63, 3.8) is 0 Å². The van der Waals surface area contributed by atoms with E-state index in [1.165, 1.54) is 24.3 Å². The molecular formula is C16H14ClN3O3S. The second-order valence-electron chi connectivity index (χ2n) is 5.09. The van der Waals surface area contributed by atoms with E-state index in [0.29, 0.717) is 10.9 Å². The molecule has 0 spiro atoms. The van der Waals surface area contributed by atoms with E-state index in [2.05, 4.69) is 14.9 Å². The Hall–Kier alpha value is -2.22. The summed E-state index contributed by atoms with van der Waals surface area (Å²) in [7, 11) is -3.68. The SMILES string of the molecule is Cc1ccccc1-c1nnc(CNS(=O)(=O)c2ccc(Cl)cc2)o1. The highest BCUT2D eigenvalue weighted by Gasteiger charge is 2.16. The first kappa shape index (κ1) is 16.6. The lowest BCUT2D eigenvalue weighted by Gasteiger charge is -2.04. The molecule has 0 aliphatic heterocycles. The molecule has 0 aliphatic rings. The third-order valence-electron chi connectivity index (χ3n) is 3.38. The van der Waals surface area contributed by atoms with Crippen molar-refractivity contribution in [1.82, 2.24) is 14.9 Å². The molecular weight excluding hydrogens is 350 g/mol. The Kier molecular flexibility index (Phi) is 4.66. The smallest absolute Gasteiger partial charge is 0.248 e. The molecule has 1 N–H and O–H groups in total. The van der Waals surface area contributed by atoms with Gasteiger partial charge in [-0.3, -0.25) is 0 Å². The maximum Gasteiger partial charge on any atom is 0.248 e. The van der Waals surface area contributed by atoms with Crippen LogP contribution >= 0.6 is 11.6 Å². The first-order valence-electron chi connectivity index (χ1n) is 7.09. The van der Waals surface area contributed by atoms with Crippen LogP contribution in [0.3, 0.4) is 0 Å². The molecule has 1 aromatic heterocycles. The van der Waals surface area contributed by atoms with Crippen molar-refractivity contribution in [2.45, 2.75) is 18.4 Å². The van der Waals surface area contributed by atoms with E-state index in [4.69, 9.17) is 16.0 Å². The average molecular weight is 364 g/mol. The highest BCUT2D eigenvalue weighted by atomic mass is 35.5. The molecule has 3 rings (SSSR count). The van der Waals surface area contributed by atoms with Gasteiger partial charge in [0.1, 0.15) is 0 Å². The molecule has 0 bridgehead atoms. The molecule has 1 heterocycles. The van der Waals surface area contributed by atoms with Crippen LogP contribution < -0.4 is 4.72 Å². The van der Waals surface area contributed by atoms with Crippen molar-refractivity contribution in [2.75, 3.05) is 0 Å². The number of aryl methyl sites for hydroxylation is 1. The summed E-state index contributed by atoms with van der Waals surface area (Å²) in [6, 6.07) is 13.5. The Labute approximate surface area is 144 Å². The third-order valence-corrected chi connectivity index (χ3v) is 5.05. The van der Waals surface area contributed by atoms with Crippen molar-refractivity contribution in [3.05, 3.63) is 65.0 Å². The highest BCUT2D eigenvalue weighted by molar-refractivity contribution is 7.89. The molecule has 0 atom stereocenters. The molecule has 124 valence electrons. The number of sulfonamides is 1. The van der Waals surface area contributed by atoms with Crippen LogP contribution in [-0.2, 0) is 16.6 Å². The van der Waals surface area contributed by atoms with Gasteiger partial charge in [-0.2, -0.15) is 0 Å². The average Bonchev–Trinajstić information content (AvgIpc) is 3.03. The summed E-state index contributed by atoms with van der Waals surface area (Å²) < 4.78 is 32.4. The Morgan fingerprint density at radius 3 is 2.50 bits per heavy atom. The maximum absolute atomic E-state index is 12.2. The standard InChI is InChI=1S/C16H14ClN3O3S/c1-11-4-2-3-5-14(11)16-20-19-15(23-16)10-18-24(21,22)13-8-6-12(17)7-9-13/h2-9,18H,10H2,1H3.